The second-order valence-electron chi connectivity index (χ2n) is 0.521. The maximum absolute atomic E-state index is 4.92. The van der Waals surface area contributed by atoms with Crippen molar-refractivity contribution in [3.8, 4) is 0 Å². The Morgan fingerprint density at radius 2 is 0.727 bits per heavy atom. The highest BCUT2D eigenvalue weighted by Gasteiger charge is 1.70. The van der Waals surface area contributed by atoms with Crippen molar-refractivity contribution in [3.63, 3.8) is 0 Å². The van der Waals surface area contributed by atoms with Gasteiger partial charge in [-0.25, -0.2) is 0 Å². The van der Waals surface area contributed by atoms with Gasteiger partial charge in [0, 0.05) is 19.7 Å². The summed E-state index contributed by atoms with van der Waals surface area (Å²) >= 11 is 0. The van der Waals surface area contributed by atoms with Gasteiger partial charge in [0.1, 0.15) is 0 Å². The summed E-state index contributed by atoms with van der Waals surface area (Å²) < 4.78 is 0. The van der Waals surface area contributed by atoms with E-state index in [9.17, 15) is 0 Å². The van der Waals surface area contributed by atoms with Crippen LogP contribution in [0.4, 0.5) is 0 Å². The molecule has 0 heterocycles. The lowest BCUT2D eigenvalue weighted by molar-refractivity contribution is 2.07. The molecule has 0 aliphatic heterocycles. The summed E-state index contributed by atoms with van der Waals surface area (Å²) in [6, 6.07) is 0. The SMILES string of the molecule is NSSSN.NSSSN.[SiH4]. The first-order chi connectivity index (χ1) is 4.83. The first-order valence-electron chi connectivity index (χ1n) is 1.61. The van der Waals surface area contributed by atoms with Crippen molar-refractivity contribution in [2.45, 2.75) is 0 Å². The maximum atomic E-state index is 4.92. The van der Waals surface area contributed by atoms with Crippen LogP contribution < -0.4 is 20.6 Å². The Bertz CT molecular complexity index is 35.6. The Kier molecular flexibility index (Phi) is 39.0. The molecular weight excluding hydrogens is 277 g/mol. The van der Waals surface area contributed by atoms with Crippen molar-refractivity contribution in [3.05, 3.63) is 0 Å². The normalized spacial score (nSPS) is 7.64. The molecule has 0 aromatic rings. The highest BCUT2D eigenvalue weighted by molar-refractivity contribution is 9.08. The fourth-order valence-corrected chi connectivity index (χ4v) is 1.22. The van der Waals surface area contributed by atoms with Gasteiger partial charge in [0.15, 0.2) is 0 Å². The van der Waals surface area contributed by atoms with Crippen LogP contribution in [0, 0.1) is 0 Å². The molecule has 0 bridgehead atoms. The van der Waals surface area contributed by atoms with Crippen LogP contribution in [-0.4, -0.2) is 11.0 Å². The Balaban J connectivity index is -0.000000107. The van der Waals surface area contributed by atoms with Gasteiger partial charge in [-0.2, -0.15) is 0 Å². The molecule has 11 heavy (non-hydrogen) atoms. The first kappa shape index (κ1) is 18.8. The minimum absolute atomic E-state index is 0. The van der Waals surface area contributed by atoms with E-state index in [2.05, 4.69) is 0 Å². The zero-order valence-corrected chi connectivity index (χ0v) is 9.66. The van der Waals surface area contributed by atoms with E-state index in [4.69, 9.17) is 20.6 Å². The predicted molar refractivity (Wildman–Crippen MR) is 73.6 cm³/mol. The summed E-state index contributed by atoms with van der Waals surface area (Å²) in [5, 5.41) is 19.7. The summed E-state index contributed by atoms with van der Waals surface area (Å²) in [7, 11) is 7.33. The van der Waals surface area contributed by atoms with Gasteiger partial charge in [0.05, 0.1) is 0 Å². The summed E-state index contributed by atoms with van der Waals surface area (Å²) in [5.74, 6) is 0. The molecule has 0 saturated carbocycles. The van der Waals surface area contributed by atoms with Gasteiger partial charge < -0.3 is 0 Å². The van der Waals surface area contributed by atoms with Crippen LogP contribution in [0.5, 0.6) is 0 Å². The van der Waals surface area contributed by atoms with E-state index in [-0.39, 0.29) is 11.0 Å². The molecular formula is H12N4S6Si. The monoisotopic (exact) mass is 288 g/mol. The zero-order chi connectivity index (χ0) is 8.24. The third-order valence-corrected chi connectivity index (χ3v) is 4.24. The number of rotatable bonds is 4. The van der Waals surface area contributed by atoms with Crippen molar-refractivity contribution in [2.75, 3.05) is 0 Å². The lowest BCUT2D eigenvalue weighted by Crippen LogP contribution is -1.69. The van der Waals surface area contributed by atoms with Crippen molar-refractivity contribution < 1.29 is 0 Å². The fraction of sp³-hybridized carbons (Fsp3) is 0. The lowest BCUT2D eigenvalue weighted by atomic mass is 14.0. The molecule has 72 valence electrons. The fourth-order valence-electron chi connectivity index (χ4n) is 0.0454. The van der Waals surface area contributed by atoms with Crippen LogP contribution in [0.1, 0.15) is 0 Å². The minimum atomic E-state index is 0. The van der Waals surface area contributed by atoms with Crippen molar-refractivity contribution in [1.29, 1.82) is 0 Å². The van der Waals surface area contributed by atoms with Gasteiger partial charge in [-0.1, -0.05) is 0 Å². The highest BCUT2D eigenvalue weighted by Crippen LogP contribution is 2.23. The number of hydrogen-bond acceptors (Lipinski definition) is 10. The summed E-state index contributed by atoms with van der Waals surface area (Å²) in [6.07, 6.45) is 0. The van der Waals surface area contributed by atoms with Crippen LogP contribution in [0.15, 0.2) is 0 Å². The Labute approximate surface area is 94.4 Å². The van der Waals surface area contributed by atoms with Crippen molar-refractivity contribution in [2.24, 2.45) is 20.6 Å². The number of hydrogen-bond donors (Lipinski definition) is 4. The number of nitrogens with two attached hydrogens (primary N) is 4. The Hall–Kier alpha value is 2.16. The van der Waals surface area contributed by atoms with Gasteiger partial charge in [-0.3, -0.25) is 20.6 Å². The van der Waals surface area contributed by atoms with E-state index < -0.39 is 0 Å². The van der Waals surface area contributed by atoms with Crippen LogP contribution in [0.25, 0.3) is 0 Å². The molecule has 0 saturated heterocycles. The standard InChI is InChI=1S/2H4N2S3.H4Si/c2*1-3-5-4-2;/h2*1-2H2;1H4. The Morgan fingerprint density at radius 3 is 0.727 bits per heavy atom. The van der Waals surface area contributed by atoms with Gasteiger partial charge in [0.25, 0.3) is 0 Å². The third kappa shape index (κ3) is 33.1. The second kappa shape index (κ2) is 22.7. The largest absolute Gasteiger partial charge is 0.268 e. The van der Waals surface area contributed by atoms with E-state index in [1.165, 1.54) is 19.7 Å². The van der Waals surface area contributed by atoms with Gasteiger partial charge in [-0.05, 0) is 54.9 Å². The predicted octanol–water partition coefficient (Wildman–Crippen LogP) is 0.0752. The van der Waals surface area contributed by atoms with Crippen LogP contribution >= 0.6 is 63.6 Å². The van der Waals surface area contributed by atoms with Crippen molar-refractivity contribution >= 4 is 74.5 Å². The van der Waals surface area contributed by atoms with Crippen LogP contribution in [0.2, 0.25) is 0 Å². The second-order valence-corrected chi connectivity index (χ2v) is 7.14. The zero-order valence-electron chi connectivity index (χ0n) is 4.76. The highest BCUT2D eigenvalue weighted by atomic mass is 33.5. The average molecular weight is 289 g/mol. The minimum Gasteiger partial charge on any atom is -0.268 e. The first-order valence-corrected chi connectivity index (χ1v) is 8.83. The van der Waals surface area contributed by atoms with E-state index in [1.807, 2.05) is 0 Å². The average Bonchev–Trinajstić information content (AvgIpc) is 1.93. The van der Waals surface area contributed by atoms with E-state index in [0.29, 0.717) is 0 Å². The van der Waals surface area contributed by atoms with Crippen LogP contribution in [0.3, 0.4) is 0 Å². The van der Waals surface area contributed by atoms with E-state index in [0.717, 1.165) is 43.9 Å². The molecule has 11 heteroatoms. The lowest BCUT2D eigenvalue weighted by Gasteiger charge is -1.78. The molecule has 0 radical (unpaired) electrons. The third-order valence-electron chi connectivity index (χ3n) is 0.157. The van der Waals surface area contributed by atoms with Gasteiger partial charge in [0.2, 0.25) is 0 Å². The quantitative estimate of drug-likeness (QED) is 0.323. The molecule has 0 unspecified atom stereocenters. The molecule has 4 nitrogen and oxygen atoms in total. The molecule has 8 N–H and O–H groups in total. The molecule has 0 aromatic carbocycles. The maximum Gasteiger partial charge on any atom is 0.00769 e. The molecule has 0 rings (SSSR count). The topological polar surface area (TPSA) is 104 Å². The molecule has 0 aliphatic carbocycles. The molecule has 0 atom stereocenters. The molecule has 0 fully saturated rings. The van der Waals surface area contributed by atoms with E-state index in [1.54, 1.807) is 0 Å². The van der Waals surface area contributed by atoms with Crippen molar-refractivity contribution in [1.82, 2.24) is 0 Å². The van der Waals surface area contributed by atoms with Gasteiger partial charge >= 0.3 is 0 Å². The van der Waals surface area contributed by atoms with Crippen LogP contribution in [-0.2, 0) is 0 Å². The summed E-state index contributed by atoms with van der Waals surface area (Å²) in [6.45, 7) is 0. The molecule has 0 spiro atoms. The molecule has 0 amide bonds. The smallest absolute Gasteiger partial charge is 0.00769 e. The van der Waals surface area contributed by atoms with E-state index >= 15 is 0 Å². The summed E-state index contributed by atoms with van der Waals surface area (Å²) in [5.41, 5.74) is 0. The Morgan fingerprint density at radius 1 is 0.545 bits per heavy atom. The molecule has 0 aromatic heterocycles. The van der Waals surface area contributed by atoms with Gasteiger partial charge in [-0.15, -0.1) is 0 Å². The molecule has 0 aliphatic rings. The summed E-state index contributed by atoms with van der Waals surface area (Å²) in [4.78, 5) is 0.